The lowest BCUT2D eigenvalue weighted by atomic mass is 10.1. The second kappa shape index (κ2) is 7.49. The van der Waals surface area contributed by atoms with Gasteiger partial charge in [0.15, 0.2) is 5.82 Å². The molecular formula is C18H20FN3O2. The fourth-order valence-electron chi connectivity index (χ4n) is 2.76. The Morgan fingerprint density at radius 1 is 1.38 bits per heavy atom. The highest BCUT2D eigenvalue weighted by Crippen LogP contribution is 2.20. The maximum absolute atomic E-state index is 13.6. The van der Waals surface area contributed by atoms with Crippen molar-refractivity contribution < 1.29 is 13.9 Å². The molecule has 1 aromatic heterocycles. The molecule has 2 heterocycles. The van der Waals surface area contributed by atoms with Gasteiger partial charge in [-0.3, -0.25) is 4.79 Å². The van der Waals surface area contributed by atoms with E-state index in [1.807, 2.05) is 13.0 Å². The summed E-state index contributed by atoms with van der Waals surface area (Å²) in [6.07, 6.45) is 2.06. The minimum atomic E-state index is -0.309. The first-order valence-electron chi connectivity index (χ1n) is 8.06. The summed E-state index contributed by atoms with van der Waals surface area (Å²) in [5.74, 6) is 0.333. The van der Waals surface area contributed by atoms with Crippen LogP contribution in [0.4, 0.5) is 4.39 Å². The zero-order valence-electron chi connectivity index (χ0n) is 13.6. The smallest absolute Gasteiger partial charge is 0.223 e. The Balaban J connectivity index is 1.60. The minimum Gasteiger partial charge on any atom is -0.367 e. The molecule has 1 fully saturated rings. The van der Waals surface area contributed by atoms with E-state index in [1.165, 1.54) is 6.07 Å². The predicted octanol–water partition coefficient (Wildman–Crippen LogP) is 2.46. The standard InChI is InChI=1S/C18H20FN3O2/c1-13-8-9-20-18(21-13)16-12-22(10-11-24-16)17(23)7-6-14-4-2-3-5-15(14)19/h2-5,8-9,16H,6-7,10-12H2,1H3/t16-/m0/s1. The third-order valence-corrected chi connectivity index (χ3v) is 4.09. The summed E-state index contributed by atoms with van der Waals surface area (Å²) in [4.78, 5) is 22.8. The van der Waals surface area contributed by atoms with Crippen molar-refractivity contribution in [3.8, 4) is 0 Å². The van der Waals surface area contributed by atoms with Gasteiger partial charge in [-0.1, -0.05) is 18.2 Å². The second-order valence-electron chi connectivity index (χ2n) is 5.85. The van der Waals surface area contributed by atoms with Crippen LogP contribution in [0.15, 0.2) is 36.5 Å². The average Bonchev–Trinajstić information content (AvgIpc) is 2.61. The Bertz CT molecular complexity index is 723. The highest BCUT2D eigenvalue weighted by atomic mass is 19.1. The number of aromatic nitrogens is 2. The Kier molecular flexibility index (Phi) is 5.15. The third-order valence-electron chi connectivity index (χ3n) is 4.09. The van der Waals surface area contributed by atoms with Gasteiger partial charge in [-0.2, -0.15) is 0 Å². The van der Waals surface area contributed by atoms with Crippen LogP contribution in [0.1, 0.15) is 29.6 Å². The molecule has 126 valence electrons. The van der Waals surface area contributed by atoms with Gasteiger partial charge in [-0.25, -0.2) is 14.4 Å². The van der Waals surface area contributed by atoms with Crippen molar-refractivity contribution in [2.24, 2.45) is 0 Å². The molecule has 0 radical (unpaired) electrons. The van der Waals surface area contributed by atoms with Crippen LogP contribution in [0.5, 0.6) is 0 Å². The molecular weight excluding hydrogens is 309 g/mol. The number of amides is 1. The highest BCUT2D eigenvalue weighted by molar-refractivity contribution is 5.76. The molecule has 0 N–H and O–H groups in total. The number of benzene rings is 1. The molecule has 1 aromatic carbocycles. The molecule has 6 heteroatoms. The van der Waals surface area contributed by atoms with E-state index < -0.39 is 0 Å². The Hall–Kier alpha value is -2.34. The fourth-order valence-corrected chi connectivity index (χ4v) is 2.76. The first kappa shape index (κ1) is 16.5. The molecule has 5 nitrogen and oxygen atoms in total. The van der Waals surface area contributed by atoms with E-state index in [4.69, 9.17) is 4.74 Å². The van der Waals surface area contributed by atoms with Crippen LogP contribution in [0, 0.1) is 12.7 Å². The van der Waals surface area contributed by atoms with E-state index in [-0.39, 0.29) is 24.2 Å². The van der Waals surface area contributed by atoms with Crippen LogP contribution >= 0.6 is 0 Å². The van der Waals surface area contributed by atoms with Gasteiger partial charge >= 0.3 is 0 Å². The zero-order chi connectivity index (χ0) is 16.9. The molecule has 2 aromatic rings. The number of nitrogens with zero attached hydrogens (tertiary/aromatic N) is 3. The molecule has 0 aliphatic carbocycles. The molecule has 1 aliphatic rings. The van der Waals surface area contributed by atoms with Crippen molar-refractivity contribution in [2.45, 2.75) is 25.9 Å². The summed E-state index contributed by atoms with van der Waals surface area (Å²) < 4.78 is 19.3. The van der Waals surface area contributed by atoms with Crippen molar-refractivity contribution >= 4 is 5.91 Å². The number of carbonyl (C=O) groups excluding carboxylic acids is 1. The van der Waals surface area contributed by atoms with E-state index in [0.717, 1.165) is 5.69 Å². The van der Waals surface area contributed by atoms with Gasteiger partial charge in [0, 0.05) is 24.9 Å². The molecule has 3 rings (SSSR count). The van der Waals surface area contributed by atoms with Crippen LogP contribution in [-0.2, 0) is 16.0 Å². The first-order valence-corrected chi connectivity index (χ1v) is 8.06. The maximum atomic E-state index is 13.6. The Morgan fingerprint density at radius 2 is 2.21 bits per heavy atom. The number of hydrogen-bond acceptors (Lipinski definition) is 4. The number of morpholine rings is 1. The third kappa shape index (κ3) is 3.94. The number of ether oxygens (including phenoxy) is 1. The topological polar surface area (TPSA) is 55.3 Å². The first-order chi connectivity index (χ1) is 11.6. The second-order valence-corrected chi connectivity index (χ2v) is 5.85. The van der Waals surface area contributed by atoms with Crippen LogP contribution in [0.2, 0.25) is 0 Å². The summed E-state index contributed by atoms with van der Waals surface area (Å²) in [5, 5.41) is 0. The predicted molar refractivity (Wildman–Crippen MR) is 86.8 cm³/mol. The van der Waals surface area contributed by atoms with E-state index in [2.05, 4.69) is 9.97 Å². The van der Waals surface area contributed by atoms with Gasteiger partial charge in [0.1, 0.15) is 11.9 Å². The van der Waals surface area contributed by atoms with Gasteiger partial charge in [0.25, 0.3) is 0 Å². The Labute approximate surface area is 140 Å². The van der Waals surface area contributed by atoms with Gasteiger partial charge in [0.2, 0.25) is 5.91 Å². The summed E-state index contributed by atoms with van der Waals surface area (Å²) in [7, 11) is 0. The number of rotatable bonds is 4. The van der Waals surface area contributed by atoms with Crippen molar-refractivity contribution in [3.05, 3.63) is 59.4 Å². The summed E-state index contributed by atoms with van der Waals surface area (Å²) in [6, 6.07) is 8.38. The zero-order valence-corrected chi connectivity index (χ0v) is 13.6. The van der Waals surface area contributed by atoms with Gasteiger partial charge in [-0.15, -0.1) is 0 Å². The van der Waals surface area contributed by atoms with Gasteiger partial charge in [-0.05, 0) is 31.0 Å². The Morgan fingerprint density at radius 3 is 3.00 bits per heavy atom. The highest BCUT2D eigenvalue weighted by Gasteiger charge is 2.27. The number of carbonyl (C=O) groups is 1. The largest absolute Gasteiger partial charge is 0.367 e. The summed E-state index contributed by atoms with van der Waals surface area (Å²) in [6.45, 7) is 3.32. The van der Waals surface area contributed by atoms with Crippen LogP contribution in [0.3, 0.4) is 0 Å². The van der Waals surface area contributed by atoms with Crippen molar-refractivity contribution in [2.75, 3.05) is 19.7 Å². The quantitative estimate of drug-likeness (QED) is 0.865. The minimum absolute atomic E-state index is 0.000735. The maximum Gasteiger partial charge on any atom is 0.223 e. The lowest BCUT2D eigenvalue weighted by Crippen LogP contribution is -2.42. The van der Waals surface area contributed by atoms with E-state index in [9.17, 15) is 9.18 Å². The monoisotopic (exact) mass is 329 g/mol. The normalized spacial score (nSPS) is 17.8. The lowest BCUT2D eigenvalue weighted by molar-refractivity contribution is -0.139. The summed E-state index contributed by atoms with van der Waals surface area (Å²) in [5.41, 5.74) is 1.43. The molecule has 24 heavy (non-hydrogen) atoms. The molecule has 0 saturated carbocycles. The molecule has 1 aliphatic heterocycles. The van der Waals surface area contributed by atoms with Crippen molar-refractivity contribution in [1.82, 2.24) is 14.9 Å². The molecule has 1 atom stereocenters. The van der Waals surface area contributed by atoms with E-state index in [1.54, 1.807) is 29.3 Å². The summed E-state index contributed by atoms with van der Waals surface area (Å²) >= 11 is 0. The lowest BCUT2D eigenvalue weighted by Gasteiger charge is -2.32. The van der Waals surface area contributed by atoms with Crippen molar-refractivity contribution in [1.29, 1.82) is 0 Å². The van der Waals surface area contributed by atoms with Crippen LogP contribution in [-0.4, -0.2) is 40.5 Å². The average molecular weight is 329 g/mol. The van der Waals surface area contributed by atoms with Crippen molar-refractivity contribution in [3.63, 3.8) is 0 Å². The van der Waals surface area contributed by atoms with Crippen LogP contribution < -0.4 is 0 Å². The SMILES string of the molecule is Cc1ccnc([C@@H]2CN(C(=O)CCc3ccccc3F)CCO2)n1. The van der Waals surface area contributed by atoms with E-state index >= 15 is 0 Å². The molecule has 1 saturated heterocycles. The van der Waals surface area contributed by atoms with Gasteiger partial charge in [0.05, 0.1) is 13.2 Å². The van der Waals surface area contributed by atoms with Gasteiger partial charge < -0.3 is 9.64 Å². The molecule has 0 bridgehead atoms. The molecule has 1 amide bonds. The number of halogens is 1. The number of hydrogen-bond donors (Lipinski definition) is 0. The molecule has 0 spiro atoms. The fraction of sp³-hybridized carbons (Fsp3) is 0.389. The van der Waals surface area contributed by atoms with E-state index in [0.29, 0.717) is 37.5 Å². The molecule has 0 unspecified atom stereocenters. The number of aryl methyl sites for hydroxylation is 2. The van der Waals surface area contributed by atoms with Crippen LogP contribution in [0.25, 0.3) is 0 Å².